The van der Waals surface area contributed by atoms with Crippen molar-refractivity contribution in [1.82, 2.24) is 14.8 Å². The van der Waals surface area contributed by atoms with Gasteiger partial charge in [0.25, 0.3) is 0 Å². The van der Waals surface area contributed by atoms with Crippen LogP contribution in [0, 0.1) is 11.8 Å². The van der Waals surface area contributed by atoms with Crippen LogP contribution in [0.15, 0.2) is 24.5 Å². The molecule has 3 heterocycles. The summed E-state index contributed by atoms with van der Waals surface area (Å²) in [4.78, 5) is 32.5. The fourth-order valence-electron chi connectivity index (χ4n) is 3.97. The number of ether oxygens (including phenoxy) is 1. The van der Waals surface area contributed by atoms with Crippen LogP contribution in [0.1, 0.15) is 25.3 Å². The summed E-state index contributed by atoms with van der Waals surface area (Å²) in [6.07, 6.45) is 5.12. The highest BCUT2D eigenvalue weighted by Gasteiger charge is 2.37. The van der Waals surface area contributed by atoms with Crippen LogP contribution in [0.4, 0.5) is 0 Å². The van der Waals surface area contributed by atoms with Gasteiger partial charge in [-0.05, 0) is 43.9 Å². The van der Waals surface area contributed by atoms with Gasteiger partial charge in [-0.25, -0.2) is 0 Å². The number of piperidine rings is 1. The lowest BCUT2D eigenvalue weighted by atomic mass is 9.95. The van der Waals surface area contributed by atoms with E-state index in [1.165, 1.54) is 0 Å². The van der Waals surface area contributed by atoms with Gasteiger partial charge in [-0.1, -0.05) is 0 Å². The molecular formula is C20H29N3O4. The van der Waals surface area contributed by atoms with Gasteiger partial charge in [0.05, 0.1) is 6.10 Å². The molecule has 0 aliphatic carbocycles. The minimum Gasteiger partial charge on any atom is -0.391 e. The molecule has 0 saturated carbocycles. The van der Waals surface area contributed by atoms with Crippen molar-refractivity contribution in [2.75, 3.05) is 39.4 Å². The minimum atomic E-state index is -0.491. The van der Waals surface area contributed by atoms with Crippen molar-refractivity contribution in [3.05, 3.63) is 30.1 Å². The summed E-state index contributed by atoms with van der Waals surface area (Å²) in [6.45, 7) is 4.69. The lowest BCUT2D eigenvalue weighted by Gasteiger charge is -2.33. The molecule has 1 aromatic rings. The lowest BCUT2D eigenvalue weighted by Crippen LogP contribution is -2.45. The van der Waals surface area contributed by atoms with Crippen LogP contribution < -0.4 is 0 Å². The molecule has 2 aliphatic heterocycles. The summed E-state index contributed by atoms with van der Waals surface area (Å²) in [5, 5.41) is 10.4. The van der Waals surface area contributed by atoms with Crippen LogP contribution >= 0.6 is 0 Å². The molecule has 0 radical (unpaired) electrons. The predicted octanol–water partition coefficient (Wildman–Crippen LogP) is 0.718. The zero-order chi connectivity index (χ0) is 19.2. The highest BCUT2D eigenvalue weighted by Crippen LogP contribution is 2.26. The fourth-order valence-corrected chi connectivity index (χ4v) is 3.97. The first-order valence-electron chi connectivity index (χ1n) is 9.79. The molecule has 2 aliphatic rings. The monoisotopic (exact) mass is 375 g/mol. The molecule has 2 fully saturated rings. The standard InChI is InChI=1S/C20H29N3O4/c1-2-27-14-19(25)22-9-5-16(6-10-22)20(26)23-12-17(18(24)13-23)11-15-3-7-21-8-4-15/h3-4,7-8,16-18,24H,2,5-6,9-14H2,1H3/t17-,18-/m1/s1. The Balaban J connectivity index is 1.48. The second kappa shape index (κ2) is 9.28. The summed E-state index contributed by atoms with van der Waals surface area (Å²) in [5.41, 5.74) is 1.13. The Bertz CT molecular complexity index is 631. The van der Waals surface area contributed by atoms with Crippen molar-refractivity contribution in [1.29, 1.82) is 0 Å². The van der Waals surface area contributed by atoms with Crippen molar-refractivity contribution in [2.45, 2.75) is 32.3 Å². The molecule has 0 spiro atoms. The summed E-state index contributed by atoms with van der Waals surface area (Å²) in [6, 6.07) is 3.90. The minimum absolute atomic E-state index is 0.00300. The highest BCUT2D eigenvalue weighted by molar-refractivity contribution is 5.81. The van der Waals surface area contributed by atoms with E-state index in [1.807, 2.05) is 19.1 Å². The molecule has 148 valence electrons. The molecule has 7 nitrogen and oxygen atoms in total. The van der Waals surface area contributed by atoms with Gasteiger partial charge in [0.1, 0.15) is 6.61 Å². The first kappa shape index (κ1) is 19.8. The van der Waals surface area contributed by atoms with Crippen molar-refractivity contribution in [2.24, 2.45) is 11.8 Å². The zero-order valence-electron chi connectivity index (χ0n) is 15.9. The highest BCUT2D eigenvalue weighted by atomic mass is 16.5. The van der Waals surface area contributed by atoms with Crippen molar-refractivity contribution in [3.8, 4) is 0 Å². The second-order valence-electron chi connectivity index (χ2n) is 7.42. The molecule has 1 aromatic heterocycles. The number of aliphatic hydroxyl groups excluding tert-OH is 1. The number of rotatable bonds is 6. The van der Waals surface area contributed by atoms with Gasteiger partial charge in [0.15, 0.2) is 0 Å². The van der Waals surface area contributed by atoms with Crippen LogP contribution in [-0.4, -0.2) is 77.2 Å². The van der Waals surface area contributed by atoms with E-state index in [0.29, 0.717) is 45.6 Å². The van der Waals surface area contributed by atoms with Crippen LogP contribution in [0.3, 0.4) is 0 Å². The Morgan fingerprint density at radius 1 is 1.19 bits per heavy atom. The first-order chi connectivity index (χ1) is 13.1. The van der Waals surface area contributed by atoms with Crippen molar-refractivity contribution >= 4 is 11.8 Å². The van der Waals surface area contributed by atoms with Gasteiger partial charge in [-0.15, -0.1) is 0 Å². The van der Waals surface area contributed by atoms with Gasteiger partial charge in [0, 0.05) is 57.0 Å². The Hall–Kier alpha value is -1.99. The number of hydrogen-bond donors (Lipinski definition) is 1. The molecule has 0 bridgehead atoms. The maximum atomic E-state index is 12.9. The van der Waals surface area contributed by atoms with Crippen molar-refractivity contribution < 1.29 is 19.4 Å². The number of hydrogen-bond acceptors (Lipinski definition) is 5. The molecule has 2 amide bonds. The third-order valence-corrected chi connectivity index (χ3v) is 5.59. The number of likely N-dealkylation sites (tertiary alicyclic amines) is 2. The number of β-amino-alcohol motifs (C(OH)–C–C–N with tert-alkyl or cyclic N) is 1. The number of carbonyl (C=O) groups is 2. The fraction of sp³-hybridized carbons (Fsp3) is 0.650. The van der Waals surface area contributed by atoms with E-state index in [0.717, 1.165) is 12.0 Å². The summed E-state index contributed by atoms with van der Waals surface area (Å²) in [5.74, 6) is 0.108. The normalized spacial score (nSPS) is 23.6. The van der Waals surface area contributed by atoms with Crippen molar-refractivity contribution in [3.63, 3.8) is 0 Å². The van der Waals surface area contributed by atoms with E-state index in [4.69, 9.17) is 4.74 Å². The number of aromatic nitrogens is 1. The SMILES string of the molecule is CCOCC(=O)N1CCC(C(=O)N2C[C@@H](Cc3ccncc3)[C@H](O)C2)CC1. The van der Waals surface area contributed by atoms with Crippen LogP contribution in [0.25, 0.3) is 0 Å². The van der Waals surface area contributed by atoms with E-state index < -0.39 is 6.10 Å². The Labute approximate surface area is 160 Å². The molecule has 27 heavy (non-hydrogen) atoms. The quantitative estimate of drug-likeness (QED) is 0.792. The van der Waals surface area contributed by atoms with Crippen LogP contribution in [0.5, 0.6) is 0 Å². The number of pyridine rings is 1. The zero-order valence-corrected chi connectivity index (χ0v) is 15.9. The van der Waals surface area contributed by atoms with E-state index in [-0.39, 0.29) is 30.3 Å². The lowest BCUT2D eigenvalue weighted by molar-refractivity contribution is -0.142. The smallest absolute Gasteiger partial charge is 0.248 e. The van der Waals surface area contributed by atoms with E-state index >= 15 is 0 Å². The topological polar surface area (TPSA) is 83.0 Å². The average Bonchev–Trinajstić information content (AvgIpc) is 3.06. The Kier molecular flexibility index (Phi) is 6.79. The summed E-state index contributed by atoms with van der Waals surface area (Å²) >= 11 is 0. The molecular weight excluding hydrogens is 346 g/mol. The Morgan fingerprint density at radius 2 is 1.89 bits per heavy atom. The number of amides is 2. The number of carbonyl (C=O) groups excluding carboxylic acids is 2. The Morgan fingerprint density at radius 3 is 2.56 bits per heavy atom. The summed E-state index contributed by atoms with van der Waals surface area (Å²) in [7, 11) is 0. The molecule has 2 saturated heterocycles. The van der Waals surface area contributed by atoms with Gasteiger partial charge in [-0.2, -0.15) is 0 Å². The third-order valence-electron chi connectivity index (χ3n) is 5.59. The maximum absolute atomic E-state index is 12.9. The van der Waals surface area contributed by atoms with Gasteiger partial charge in [-0.3, -0.25) is 14.6 Å². The molecule has 3 rings (SSSR count). The van der Waals surface area contributed by atoms with Gasteiger partial charge >= 0.3 is 0 Å². The largest absolute Gasteiger partial charge is 0.391 e. The molecule has 2 atom stereocenters. The molecule has 7 heteroatoms. The van der Waals surface area contributed by atoms with Gasteiger partial charge < -0.3 is 19.6 Å². The van der Waals surface area contributed by atoms with Crippen LogP contribution in [-0.2, 0) is 20.7 Å². The molecule has 1 N–H and O–H groups in total. The maximum Gasteiger partial charge on any atom is 0.248 e. The third kappa shape index (κ3) is 5.05. The van der Waals surface area contributed by atoms with Crippen LogP contribution in [0.2, 0.25) is 0 Å². The van der Waals surface area contributed by atoms with E-state index in [1.54, 1.807) is 22.2 Å². The second-order valence-corrected chi connectivity index (χ2v) is 7.42. The molecule has 0 aromatic carbocycles. The summed E-state index contributed by atoms with van der Waals surface area (Å²) < 4.78 is 5.18. The average molecular weight is 375 g/mol. The predicted molar refractivity (Wildman–Crippen MR) is 99.8 cm³/mol. The van der Waals surface area contributed by atoms with Gasteiger partial charge in [0.2, 0.25) is 11.8 Å². The molecule has 0 unspecified atom stereocenters. The number of nitrogens with zero attached hydrogens (tertiary/aromatic N) is 3. The van der Waals surface area contributed by atoms with E-state index in [2.05, 4.69) is 4.98 Å². The number of aliphatic hydroxyl groups is 1. The van der Waals surface area contributed by atoms with E-state index in [9.17, 15) is 14.7 Å². The first-order valence-corrected chi connectivity index (χ1v) is 9.79.